The van der Waals surface area contributed by atoms with Crippen LogP contribution in [0.1, 0.15) is 16.7 Å². The summed E-state index contributed by atoms with van der Waals surface area (Å²) in [5.41, 5.74) is 3.42. The first-order valence-electron chi connectivity index (χ1n) is 8.64. The van der Waals surface area contributed by atoms with Crippen molar-refractivity contribution >= 4 is 33.4 Å². The van der Waals surface area contributed by atoms with Crippen LogP contribution in [0.25, 0.3) is 6.08 Å². The molecule has 3 rings (SSSR count). The van der Waals surface area contributed by atoms with Gasteiger partial charge in [-0.2, -0.15) is 0 Å². The largest absolute Gasteiger partial charge is 0.489 e. The highest BCUT2D eigenvalue weighted by atomic mass is 35.5. The monoisotopic (exact) mass is 413 g/mol. The van der Waals surface area contributed by atoms with Crippen LogP contribution >= 0.6 is 11.6 Å². The summed E-state index contributed by atoms with van der Waals surface area (Å²) < 4.78 is 32.7. The topological polar surface area (TPSA) is 55.4 Å². The van der Waals surface area contributed by atoms with Gasteiger partial charge in [0.15, 0.2) is 0 Å². The van der Waals surface area contributed by atoms with Crippen LogP contribution < -0.4 is 9.46 Å². The van der Waals surface area contributed by atoms with Crippen molar-refractivity contribution in [1.29, 1.82) is 0 Å². The standard InChI is InChI=1S/C22H20ClNO3S/c1-17-4-2-6-19(14-17)16-27-22-10-8-21(9-11-22)24-28(25,26)13-12-18-5-3-7-20(23)15-18/h2-15,24H,16H2,1H3/b13-12+. The number of hydrogen-bond donors (Lipinski definition) is 1. The zero-order valence-electron chi connectivity index (χ0n) is 15.3. The molecule has 0 aromatic heterocycles. The second-order valence-electron chi connectivity index (χ2n) is 6.31. The van der Waals surface area contributed by atoms with Gasteiger partial charge in [0.2, 0.25) is 0 Å². The van der Waals surface area contributed by atoms with E-state index < -0.39 is 10.0 Å². The summed E-state index contributed by atoms with van der Waals surface area (Å²) >= 11 is 5.90. The Morgan fingerprint density at radius 3 is 2.46 bits per heavy atom. The van der Waals surface area contributed by atoms with Gasteiger partial charge in [0, 0.05) is 10.7 Å². The average molecular weight is 414 g/mol. The number of benzene rings is 3. The van der Waals surface area contributed by atoms with Crippen LogP contribution in [0.2, 0.25) is 5.02 Å². The van der Waals surface area contributed by atoms with Gasteiger partial charge in [-0.15, -0.1) is 0 Å². The number of anilines is 1. The van der Waals surface area contributed by atoms with Crippen molar-refractivity contribution in [2.75, 3.05) is 4.72 Å². The summed E-state index contributed by atoms with van der Waals surface area (Å²) in [7, 11) is -3.63. The number of rotatable bonds is 7. The first-order chi connectivity index (χ1) is 13.4. The number of aryl methyl sites for hydroxylation is 1. The molecule has 0 aliphatic carbocycles. The molecule has 0 atom stereocenters. The van der Waals surface area contributed by atoms with Crippen LogP contribution in [0.5, 0.6) is 5.75 Å². The van der Waals surface area contributed by atoms with E-state index in [0.29, 0.717) is 28.6 Å². The molecule has 0 bridgehead atoms. The Morgan fingerprint density at radius 1 is 1.00 bits per heavy atom. The molecule has 0 saturated heterocycles. The minimum atomic E-state index is -3.63. The van der Waals surface area contributed by atoms with Gasteiger partial charge in [-0.25, -0.2) is 8.42 Å². The third-order valence-corrected chi connectivity index (χ3v) is 5.14. The van der Waals surface area contributed by atoms with E-state index in [1.54, 1.807) is 48.5 Å². The summed E-state index contributed by atoms with van der Waals surface area (Å²) in [6, 6.07) is 21.8. The fourth-order valence-corrected chi connectivity index (χ4v) is 3.63. The number of ether oxygens (including phenoxy) is 1. The Kier molecular flexibility index (Phi) is 6.39. The third kappa shape index (κ3) is 6.15. The molecule has 0 aliphatic rings. The highest BCUT2D eigenvalue weighted by molar-refractivity contribution is 7.95. The van der Waals surface area contributed by atoms with E-state index in [0.717, 1.165) is 11.0 Å². The van der Waals surface area contributed by atoms with Gasteiger partial charge in [0.25, 0.3) is 10.0 Å². The molecule has 0 radical (unpaired) electrons. The van der Waals surface area contributed by atoms with Crippen LogP contribution in [0.15, 0.2) is 78.2 Å². The number of hydrogen-bond acceptors (Lipinski definition) is 3. The van der Waals surface area contributed by atoms with Crippen LogP contribution in [0, 0.1) is 6.92 Å². The maximum Gasteiger partial charge on any atom is 0.255 e. The van der Waals surface area contributed by atoms with E-state index in [2.05, 4.69) is 10.8 Å². The fraction of sp³-hybridized carbons (Fsp3) is 0.0909. The molecule has 28 heavy (non-hydrogen) atoms. The SMILES string of the molecule is Cc1cccc(COc2ccc(NS(=O)(=O)/C=C/c3cccc(Cl)c3)cc2)c1. The van der Waals surface area contributed by atoms with Crippen molar-refractivity contribution in [2.45, 2.75) is 13.5 Å². The van der Waals surface area contributed by atoms with Crippen molar-refractivity contribution < 1.29 is 13.2 Å². The maximum atomic E-state index is 12.2. The molecule has 0 heterocycles. The second-order valence-corrected chi connectivity index (χ2v) is 8.31. The van der Waals surface area contributed by atoms with E-state index in [-0.39, 0.29) is 0 Å². The van der Waals surface area contributed by atoms with Crippen molar-refractivity contribution in [3.8, 4) is 5.75 Å². The van der Waals surface area contributed by atoms with Gasteiger partial charge in [-0.1, -0.05) is 53.6 Å². The highest BCUT2D eigenvalue weighted by Gasteiger charge is 2.06. The molecular formula is C22H20ClNO3S. The summed E-state index contributed by atoms with van der Waals surface area (Å²) in [6.45, 7) is 2.49. The molecule has 0 unspecified atom stereocenters. The Balaban J connectivity index is 1.60. The molecular weight excluding hydrogens is 394 g/mol. The first kappa shape index (κ1) is 20.0. The Bertz CT molecular complexity index is 1080. The van der Waals surface area contributed by atoms with E-state index in [4.69, 9.17) is 16.3 Å². The molecule has 0 amide bonds. The smallest absolute Gasteiger partial charge is 0.255 e. The first-order valence-corrected chi connectivity index (χ1v) is 10.6. The quantitative estimate of drug-likeness (QED) is 0.545. The van der Waals surface area contributed by atoms with Gasteiger partial charge < -0.3 is 4.74 Å². The lowest BCUT2D eigenvalue weighted by atomic mass is 10.1. The zero-order chi connectivity index (χ0) is 20.0. The Labute approximate surface area is 170 Å². The number of halogens is 1. The van der Waals surface area contributed by atoms with E-state index in [1.807, 2.05) is 25.1 Å². The van der Waals surface area contributed by atoms with Crippen molar-refractivity contribution in [3.05, 3.63) is 99.9 Å². The molecule has 3 aromatic rings. The van der Waals surface area contributed by atoms with Gasteiger partial charge in [-0.3, -0.25) is 4.72 Å². The number of sulfonamides is 1. The number of nitrogens with one attached hydrogen (secondary N) is 1. The maximum absolute atomic E-state index is 12.2. The minimum absolute atomic E-state index is 0.453. The van der Waals surface area contributed by atoms with E-state index >= 15 is 0 Å². The van der Waals surface area contributed by atoms with Crippen LogP contribution in [0.3, 0.4) is 0 Å². The molecule has 4 nitrogen and oxygen atoms in total. The summed E-state index contributed by atoms with van der Waals surface area (Å²) in [5, 5.41) is 1.66. The van der Waals surface area contributed by atoms with Gasteiger partial charge in [-0.05, 0) is 60.5 Å². The molecule has 6 heteroatoms. The van der Waals surface area contributed by atoms with Crippen molar-refractivity contribution in [3.63, 3.8) is 0 Å². The molecule has 0 spiro atoms. The van der Waals surface area contributed by atoms with Crippen molar-refractivity contribution in [2.24, 2.45) is 0 Å². The Morgan fingerprint density at radius 2 is 1.75 bits per heavy atom. The predicted molar refractivity (Wildman–Crippen MR) is 115 cm³/mol. The summed E-state index contributed by atoms with van der Waals surface area (Å²) in [5.74, 6) is 0.666. The molecule has 0 aliphatic heterocycles. The summed E-state index contributed by atoms with van der Waals surface area (Å²) in [4.78, 5) is 0. The second kappa shape index (κ2) is 8.95. The van der Waals surface area contributed by atoms with Crippen LogP contribution in [0.4, 0.5) is 5.69 Å². The molecule has 1 N–H and O–H groups in total. The lowest BCUT2D eigenvalue weighted by Crippen LogP contribution is -2.08. The average Bonchev–Trinajstić information content (AvgIpc) is 2.66. The normalized spacial score (nSPS) is 11.5. The van der Waals surface area contributed by atoms with Gasteiger partial charge in [0.05, 0.1) is 5.41 Å². The highest BCUT2D eigenvalue weighted by Crippen LogP contribution is 2.19. The predicted octanol–water partition coefficient (Wildman–Crippen LogP) is 5.64. The van der Waals surface area contributed by atoms with E-state index in [1.165, 1.54) is 11.6 Å². The molecule has 0 saturated carbocycles. The molecule has 144 valence electrons. The molecule has 3 aromatic carbocycles. The van der Waals surface area contributed by atoms with Gasteiger partial charge >= 0.3 is 0 Å². The van der Waals surface area contributed by atoms with E-state index in [9.17, 15) is 8.42 Å². The Hall–Kier alpha value is -2.76. The lowest BCUT2D eigenvalue weighted by Gasteiger charge is -2.09. The van der Waals surface area contributed by atoms with Crippen molar-refractivity contribution in [1.82, 2.24) is 0 Å². The van der Waals surface area contributed by atoms with Crippen LogP contribution in [-0.4, -0.2) is 8.42 Å². The van der Waals surface area contributed by atoms with Gasteiger partial charge in [0.1, 0.15) is 12.4 Å². The minimum Gasteiger partial charge on any atom is -0.489 e. The molecule has 0 fully saturated rings. The lowest BCUT2D eigenvalue weighted by molar-refractivity contribution is 0.306. The third-order valence-electron chi connectivity index (χ3n) is 3.89. The van der Waals surface area contributed by atoms with Crippen LogP contribution in [-0.2, 0) is 16.6 Å². The summed E-state index contributed by atoms with van der Waals surface area (Å²) in [6.07, 6.45) is 1.49. The zero-order valence-corrected chi connectivity index (χ0v) is 16.9. The fourth-order valence-electron chi connectivity index (χ4n) is 2.56.